The van der Waals surface area contributed by atoms with Crippen LogP contribution in [0.4, 0.5) is 0 Å². The molecule has 1 atom stereocenters. The molecule has 7 heteroatoms. The molecular formula is C10H9BrINO4. The number of rotatable bonds is 4. The highest BCUT2D eigenvalue weighted by Crippen LogP contribution is 2.19. The lowest BCUT2D eigenvalue weighted by Crippen LogP contribution is -2.43. The lowest BCUT2D eigenvalue weighted by atomic mass is 10.2. The van der Waals surface area contributed by atoms with Crippen molar-refractivity contribution in [2.24, 2.45) is 0 Å². The average molecular weight is 414 g/mol. The van der Waals surface area contributed by atoms with Crippen LogP contribution in [-0.2, 0) is 4.79 Å². The summed E-state index contributed by atoms with van der Waals surface area (Å²) in [6, 6.07) is 3.83. The average Bonchev–Trinajstić information content (AvgIpc) is 2.28. The number of nitrogens with one attached hydrogen (secondary N) is 1. The van der Waals surface area contributed by atoms with Gasteiger partial charge < -0.3 is 15.5 Å². The molecule has 1 rings (SSSR count). The first-order valence-electron chi connectivity index (χ1n) is 4.55. The maximum atomic E-state index is 11.8. The summed E-state index contributed by atoms with van der Waals surface area (Å²) in [7, 11) is 0. The Morgan fingerprint density at radius 3 is 2.65 bits per heavy atom. The van der Waals surface area contributed by atoms with Gasteiger partial charge in [-0.25, -0.2) is 4.79 Å². The minimum atomic E-state index is -1.30. The van der Waals surface area contributed by atoms with Crippen molar-refractivity contribution in [1.82, 2.24) is 5.32 Å². The van der Waals surface area contributed by atoms with Gasteiger partial charge in [0.1, 0.15) is 0 Å². The monoisotopic (exact) mass is 413 g/mol. The maximum absolute atomic E-state index is 11.8. The smallest absolute Gasteiger partial charge is 0.328 e. The third-order valence-electron chi connectivity index (χ3n) is 1.96. The zero-order chi connectivity index (χ0) is 13.0. The molecule has 5 nitrogen and oxygen atoms in total. The van der Waals surface area contributed by atoms with Crippen molar-refractivity contribution >= 4 is 50.4 Å². The number of aliphatic hydroxyl groups is 1. The standard InChI is InChI=1S/C10H9BrINO4/c11-7-2-1-5(12)3-6(7)9(15)13-8(4-14)10(16)17/h1-3,8,14H,4H2,(H,13,15)(H,16,17)/t8-/m0/s1. The largest absolute Gasteiger partial charge is 0.480 e. The third kappa shape index (κ3) is 3.93. The van der Waals surface area contributed by atoms with Crippen LogP contribution in [0.5, 0.6) is 0 Å². The van der Waals surface area contributed by atoms with Crippen LogP contribution >= 0.6 is 38.5 Å². The highest BCUT2D eigenvalue weighted by atomic mass is 127. The molecule has 0 unspecified atom stereocenters. The van der Waals surface area contributed by atoms with E-state index in [0.717, 1.165) is 3.57 Å². The van der Waals surface area contributed by atoms with E-state index in [-0.39, 0.29) is 0 Å². The number of carboxylic acid groups (broad SMARTS) is 1. The number of aliphatic hydroxyl groups excluding tert-OH is 1. The number of carboxylic acids is 1. The van der Waals surface area contributed by atoms with Gasteiger partial charge in [0.2, 0.25) is 0 Å². The second-order valence-corrected chi connectivity index (χ2v) is 5.27. The van der Waals surface area contributed by atoms with Gasteiger partial charge in [0.15, 0.2) is 6.04 Å². The van der Waals surface area contributed by atoms with Crippen LogP contribution in [0, 0.1) is 3.57 Å². The number of benzene rings is 1. The summed E-state index contributed by atoms with van der Waals surface area (Å²) in [6.45, 7) is -0.650. The Bertz CT molecular complexity index is 452. The van der Waals surface area contributed by atoms with Gasteiger partial charge in [-0.1, -0.05) is 0 Å². The zero-order valence-corrected chi connectivity index (χ0v) is 12.2. The van der Waals surface area contributed by atoms with E-state index in [4.69, 9.17) is 10.2 Å². The van der Waals surface area contributed by atoms with Crippen molar-refractivity contribution in [2.75, 3.05) is 6.61 Å². The fourth-order valence-electron chi connectivity index (χ4n) is 1.09. The van der Waals surface area contributed by atoms with E-state index in [1.54, 1.807) is 12.1 Å². The zero-order valence-electron chi connectivity index (χ0n) is 8.48. The van der Waals surface area contributed by atoms with E-state index < -0.39 is 24.5 Å². The van der Waals surface area contributed by atoms with Crippen LogP contribution in [-0.4, -0.2) is 34.7 Å². The quantitative estimate of drug-likeness (QED) is 0.648. The number of halogens is 2. The fourth-order valence-corrected chi connectivity index (χ4v) is 2.01. The van der Waals surface area contributed by atoms with E-state index in [1.807, 2.05) is 28.7 Å². The minimum absolute atomic E-state index is 0.330. The van der Waals surface area contributed by atoms with E-state index in [1.165, 1.54) is 0 Å². The Hall–Kier alpha value is -0.670. The van der Waals surface area contributed by atoms with Crippen LogP contribution in [0.2, 0.25) is 0 Å². The lowest BCUT2D eigenvalue weighted by Gasteiger charge is -2.12. The second-order valence-electron chi connectivity index (χ2n) is 3.17. The number of carbonyl (C=O) groups excluding carboxylic acids is 1. The molecule has 1 aromatic carbocycles. The summed E-state index contributed by atoms with van der Waals surface area (Å²) in [6.07, 6.45) is 0. The number of aliphatic carboxylic acids is 1. The molecule has 17 heavy (non-hydrogen) atoms. The van der Waals surface area contributed by atoms with Gasteiger partial charge in [-0.05, 0) is 56.7 Å². The van der Waals surface area contributed by atoms with Crippen molar-refractivity contribution in [3.8, 4) is 0 Å². The predicted octanol–water partition coefficient (Wildman–Crippen LogP) is 1.23. The SMILES string of the molecule is O=C(N[C@@H](CO)C(=O)O)c1cc(I)ccc1Br. The second kappa shape index (κ2) is 6.31. The fraction of sp³-hybridized carbons (Fsp3) is 0.200. The van der Waals surface area contributed by atoms with E-state index >= 15 is 0 Å². The molecular weight excluding hydrogens is 405 g/mol. The molecule has 0 aromatic heterocycles. The van der Waals surface area contributed by atoms with Gasteiger partial charge in [0.25, 0.3) is 5.91 Å². The topological polar surface area (TPSA) is 86.6 Å². The molecule has 0 radical (unpaired) electrons. The van der Waals surface area contributed by atoms with Gasteiger partial charge in [0.05, 0.1) is 12.2 Å². The molecule has 0 bridgehead atoms. The molecule has 1 amide bonds. The third-order valence-corrected chi connectivity index (χ3v) is 3.32. The predicted molar refractivity (Wildman–Crippen MR) is 72.8 cm³/mol. The van der Waals surface area contributed by atoms with E-state index in [9.17, 15) is 9.59 Å². The molecule has 1 aromatic rings. The lowest BCUT2D eigenvalue weighted by molar-refractivity contribution is -0.140. The molecule has 0 saturated heterocycles. The van der Waals surface area contributed by atoms with E-state index in [0.29, 0.717) is 10.0 Å². The molecule has 92 valence electrons. The van der Waals surface area contributed by atoms with E-state index in [2.05, 4.69) is 21.2 Å². The van der Waals surface area contributed by atoms with Crippen LogP contribution in [0.25, 0.3) is 0 Å². The van der Waals surface area contributed by atoms with Crippen molar-refractivity contribution in [3.63, 3.8) is 0 Å². The number of hydrogen-bond acceptors (Lipinski definition) is 3. The van der Waals surface area contributed by atoms with Gasteiger partial charge in [-0.3, -0.25) is 4.79 Å². The molecule has 3 N–H and O–H groups in total. The highest BCUT2D eigenvalue weighted by molar-refractivity contribution is 14.1. The van der Waals surface area contributed by atoms with Gasteiger partial charge in [-0.2, -0.15) is 0 Å². The Morgan fingerprint density at radius 1 is 1.47 bits per heavy atom. The molecule has 0 aliphatic carbocycles. The maximum Gasteiger partial charge on any atom is 0.328 e. The van der Waals surface area contributed by atoms with Gasteiger partial charge >= 0.3 is 5.97 Å². The summed E-state index contributed by atoms with van der Waals surface area (Å²) in [5.74, 6) is -1.82. The first-order chi connectivity index (χ1) is 7.95. The summed E-state index contributed by atoms with van der Waals surface area (Å²) in [4.78, 5) is 22.4. The minimum Gasteiger partial charge on any atom is -0.480 e. The molecule has 0 fully saturated rings. The van der Waals surface area contributed by atoms with Crippen LogP contribution < -0.4 is 5.32 Å². The summed E-state index contributed by atoms with van der Waals surface area (Å²) >= 11 is 5.25. The Morgan fingerprint density at radius 2 is 2.12 bits per heavy atom. The molecule has 0 spiro atoms. The summed E-state index contributed by atoms with van der Waals surface area (Å²) in [5.41, 5.74) is 0.330. The first kappa shape index (κ1) is 14.4. The van der Waals surface area contributed by atoms with Crippen LogP contribution in [0.15, 0.2) is 22.7 Å². The highest BCUT2D eigenvalue weighted by Gasteiger charge is 2.20. The van der Waals surface area contributed by atoms with Gasteiger partial charge in [-0.15, -0.1) is 0 Å². The summed E-state index contributed by atoms with van der Waals surface area (Å²) in [5, 5.41) is 19.7. The first-order valence-corrected chi connectivity index (χ1v) is 6.42. The summed E-state index contributed by atoms with van der Waals surface area (Å²) < 4.78 is 1.42. The van der Waals surface area contributed by atoms with Crippen molar-refractivity contribution in [2.45, 2.75) is 6.04 Å². The van der Waals surface area contributed by atoms with Crippen molar-refractivity contribution in [1.29, 1.82) is 0 Å². The van der Waals surface area contributed by atoms with Crippen LogP contribution in [0.3, 0.4) is 0 Å². The van der Waals surface area contributed by atoms with Crippen LogP contribution in [0.1, 0.15) is 10.4 Å². The Labute approximate surface area is 119 Å². The Kier molecular flexibility index (Phi) is 5.34. The van der Waals surface area contributed by atoms with Crippen molar-refractivity contribution in [3.05, 3.63) is 31.8 Å². The number of amides is 1. The molecule has 0 aliphatic rings. The Balaban J connectivity index is 2.89. The molecule has 0 heterocycles. The normalized spacial score (nSPS) is 11.9. The van der Waals surface area contributed by atoms with Crippen molar-refractivity contribution < 1.29 is 19.8 Å². The molecule has 0 saturated carbocycles. The number of carbonyl (C=O) groups is 2. The van der Waals surface area contributed by atoms with Gasteiger partial charge in [0, 0.05) is 8.04 Å². The number of hydrogen-bond donors (Lipinski definition) is 3. The molecule has 0 aliphatic heterocycles.